The molecule has 1 fully saturated rings. The molecule has 0 amide bonds. The number of aliphatic hydroxyl groups excluding tert-OH is 1. The van der Waals surface area contributed by atoms with E-state index >= 15 is 0 Å². The maximum absolute atomic E-state index is 11.0. The summed E-state index contributed by atoms with van der Waals surface area (Å²) in [4.78, 5) is 14.7. The molecule has 0 radical (unpaired) electrons. The number of hydrogen-bond donors (Lipinski definition) is 1. The van der Waals surface area contributed by atoms with E-state index in [0.29, 0.717) is 12.4 Å². The van der Waals surface area contributed by atoms with Gasteiger partial charge in [-0.25, -0.2) is 0 Å². The molecule has 1 N–H and O–H groups in total. The van der Waals surface area contributed by atoms with Gasteiger partial charge in [0.2, 0.25) is 0 Å². The molecule has 3 atom stereocenters. The molecule has 15 heavy (non-hydrogen) atoms. The molecule has 6 nitrogen and oxygen atoms in total. The first-order valence-electron chi connectivity index (χ1n) is 4.80. The van der Waals surface area contributed by atoms with Gasteiger partial charge in [-0.15, -0.1) is 0 Å². The third-order valence-corrected chi connectivity index (χ3v) is 2.68. The van der Waals surface area contributed by atoms with Crippen molar-refractivity contribution in [2.24, 2.45) is 0 Å². The molecule has 0 saturated carbocycles. The van der Waals surface area contributed by atoms with Crippen molar-refractivity contribution in [1.82, 2.24) is 9.55 Å². The van der Waals surface area contributed by atoms with Crippen LogP contribution in [0.2, 0.25) is 0 Å². The van der Waals surface area contributed by atoms with Crippen molar-refractivity contribution in [2.45, 2.75) is 24.9 Å². The number of hydrogen-bond acceptors (Lipinski definition) is 5. The zero-order valence-corrected chi connectivity index (χ0v) is 7.87. The van der Waals surface area contributed by atoms with Crippen LogP contribution in [0.15, 0.2) is 17.1 Å². The predicted molar refractivity (Wildman–Crippen MR) is 48.5 cm³/mol. The first-order valence-corrected chi connectivity index (χ1v) is 4.80. The number of nitrogens with zero attached hydrogens (tertiary/aromatic N) is 2. The van der Waals surface area contributed by atoms with Crippen molar-refractivity contribution in [1.29, 1.82) is 0 Å². The molecule has 1 aromatic heterocycles. The smallest absolute Gasteiger partial charge is 0.302 e. The summed E-state index contributed by atoms with van der Waals surface area (Å²) in [6.07, 6.45) is 1.64. The zero-order valence-electron chi connectivity index (χ0n) is 7.87. The van der Waals surface area contributed by atoms with E-state index in [9.17, 15) is 4.79 Å². The molecule has 1 unspecified atom stereocenters. The summed E-state index contributed by atoms with van der Waals surface area (Å²) < 4.78 is 12.7. The van der Waals surface area contributed by atoms with E-state index in [1.165, 1.54) is 6.07 Å². The molecule has 6 heteroatoms. The van der Waals surface area contributed by atoms with E-state index in [2.05, 4.69) is 4.98 Å². The van der Waals surface area contributed by atoms with Crippen LogP contribution in [0, 0.1) is 0 Å². The minimum Gasteiger partial charge on any atom is -0.456 e. The summed E-state index contributed by atoms with van der Waals surface area (Å²) in [7, 11) is 0. The van der Waals surface area contributed by atoms with Crippen LogP contribution in [0.1, 0.15) is 12.6 Å². The topological polar surface area (TPSA) is 73.6 Å². The number of rotatable bonds is 1. The maximum atomic E-state index is 11.0. The summed E-state index contributed by atoms with van der Waals surface area (Å²) in [5.41, 5.74) is -0.320. The molecule has 2 aliphatic heterocycles. The Kier molecular flexibility index (Phi) is 1.80. The fourth-order valence-electron chi connectivity index (χ4n) is 2.00. The molecule has 0 spiro atoms. The van der Waals surface area contributed by atoms with Crippen LogP contribution in [0.4, 0.5) is 0 Å². The van der Waals surface area contributed by atoms with E-state index in [1.807, 2.05) is 0 Å². The normalized spacial score (nSPS) is 32.2. The van der Waals surface area contributed by atoms with E-state index in [4.69, 9.17) is 14.6 Å². The van der Waals surface area contributed by atoms with Crippen molar-refractivity contribution in [3.8, 4) is 6.01 Å². The first-order chi connectivity index (χ1) is 7.28. The standard InChI is InChI=1S/C9H10N2O4/c12-4-5-3-6-8(14-5)11-2-1-7(13)10-9(11)15-6/h1-2,5-6,8,12H,3-4H2/t5-,6-,8?/m1/s1. The molecule has 1 saturated heterocycles. The highest BCUT2D eigenvalue weighted by atomic mass is 16.6. The second-order valence-electron chi connectivity index (χ2n) is 3.68. The van der Waals surface area contributed by atoms with E-state index in [-0.39, 0.29) is 30.6 Å². The molecule has 80 valence electrons. The van der Waals surface area contributed by atoms with Gasteiger partial charge < -0.3 is 14.6 Å². The van der Waals surface area contributed by atoms with Gasteiger partial charge in [0.1, 0.15) is 6.10 Å². The number of aromatic nitrogens is 2. The summed E-state index contributed by atoms with van der Waals surface area (Å²) in [6.45, 7) is -0.0146. The molecule has 0 bridgehead atoms. The summed E-state index contributed by atoms with van der Waals surface area (Å²) in [5, 5.41) is 8.96. The van der Waals surface area contributed by atoms with E-state index in [0.717, 1.165) is 0 Å². The van der Waals surface area contributed by atoms with Gasteiger partial charge in [-0.3, -0.25) is 9.36 Å². The van der Waals surface area contributed by atoms with Gasteiger partial charge in [0, 0.05) is 18.7 Å². The third kappa shape index (κ3) is 1.25. The number of fused-ring (bicyclic) bond motifs is 3. The van der Waals surface area contributed by atoms with Gasteiger partial charge in [-0.2, -0.15) is 4.98 Å². The Morgan fingerprint density at radius 1 is 1.67 bits per heavy atom. The Morgan fingerprint density at radius 2 is 2.53 bits per heavy atom. The van der Waals surface area contributed by atoms with Crippen LogP contribution in [-0.2, 0) is 4.74 Å². The highest BCUT2D eigenvalue weighted by Crippen LogP contribution is 2.38. The SMILES string of the molecule is O=c1ccn2c(n1)O[C@@H]1C[C@H](CO)OC12. The lowest BCUT2D eigenvalue weighted by Gasteiger charge is -2.11. The van der Waals surface area contributed by atoms with Gasteiger partial charge in [0.05, 0.1) is 12.7 Å². The molecule has 0 aliphatic carbocycles. The molecule has 0 aromatic carbocycles. The Hall–Kier alpha value is -1.40. The largest absolute Gasteiger partial charge is 0.456 e. The summed E-state index contributed by atoms with van der Waals surface area (Å²) >= 11 is 0. The quantitative estimate of drug-likeness (QED) is 0.662. The van der Waals surface area contributed by atoms with Crippen molar-refractivity contribution < 1.29 is 14.6 Å². The van der Waals surface area contributed by atoms with Crippen LogP contribution < -0.4 is 10.3 Å². The Bertz CT molecular complexity index is 444. The molecular weight excluding hydrogens is 200 g/mol. The van der Waals surface area contributed by atoms with Crippen molar-refractivity contribution in [2.75, 3.05) is 6.61 Å². The second-order valence-corrected chi connectivity index (χ2v) is 3.68. The molecule has 2 aliphatic rings. The lowest BCUT2D eigenvalue weighted by atomic mass is 10.2. The second kappa shape index (κ2) is 3.04. The average molecular weight is 210 g/mol. The van der Waals surface area contributed by atoms with Gasteiger partial charge in [-0.1, -0.05) is 0 Å². The lowest BCUT2D eigenvalue weighted by Crippen LogP contribution is -2.16. The number of aliphatic hydroxyl groups is 1. The van der Waals surface area contributed by atoms with Crippen LogP contribution >= 0.6 is 0 Å². The monoisotopic (exact) mass is 210 g/mol. The van der Waals surface area contributed by atoms with Gasteiger partial charge >= 0.3 is 6.01 Å². The van der Waals surface area contributed by atoms with Crippen LogP contribution in [-0.4, -0.2) is 33.5 Å². The average Bonchev–Trinajstić information content (AvgIpc) is 2.73. The zero-order chi connectivity index (χ0) is 10.4. The molecule has 3 heterocycles. The third-order valence-electron chi connectivity index (χ3n) is 2.68. The highest BCUT2D eigenvalue weighted by molar-refractivity contribution is 5.08. The number of ether oxygens (including phenoxy) is 2. The van der Waals surface area contributed by atoms with E-state index in [1.54, 1.807) is 10.8 Å². The minimum atomic E-state index is -0.320. The fourth-order valence-corrected chi connectivity index (χ4v) is 2.00. The van der Waals surface area contributed by atoms with Crippen molar-refractivity contribution in [3.05, 3.63) is 22.6 Å². The predicted octanol–water partition coefficient (Wildman–Crippen LogP) is -0.716. The minimum absolute atomic E-state index is 0.0146. The molecule has 3 rings (SSSR count). The Balaban J connectivity index is 1.96. The lowest BCUT2D eigenvalue weighted by molar-refractivity contribution is -0.0256. The van der Waals surface area contributed by atoms with Gasteiger partial charge in [-0.05, 0) is 0 Å². The van der Waals surface area contributed by atoms with Crippen LogP contribution in [0.25, 0.3) is 0 Å². The van der Waals surface area contributed by atoms with Gasteiger partial charge in [0.25, 0.3) is 5.56 Å². The van der Waals surface area contributed by atoms with Crippen LogP contribution in [0.5, 0.6) is 6.01 Å². The van der Waals surface area contributed by atoms with Crippen LogP contribution in [0.3, 0.4) is 0 Å². The summed E-state index contributed by atoms with van der Waals surface area (Å²) in [6, 6.07) is 1.67. The molecule has 1 aromatic rings. The van der Waals surface area contributed by atoms with Gasteiger partial charge in [0.15, 0.2) is 6.23 Å². The molecular formula is C9H10N2O4. The van der Waals surface area contributed by atoms with E-state index < -0.39 is 0 Å². The maximum Gasteiger partial charge on any atom is 0.302 e. The first kappa shape index (κ1) is 8.87. The fraction of sp³-hybridized carbons (Fsp3) is 0.556. The van der Waals surface area contributed by atoms with Crippen molar-refractivity contribution in [3.63, 3.8) is 0 Å². The summed E-state index contributed by atoms with van der Waals surface area (Å²) in [5.74, 6) is 0. The van der Waals surface area contributed by atoms with Crippen molar-refractivity contribution >= 4 is 0 Å². The Labute approximate surface area is 85.1 Å². The highest BCUT2D eigenvalue weighted by Gasteiger charge is 2.43. The Morgan fingerprint density at radius 3 is 3.33 bits per heavy atom.